The van der Waals surface area contributed by atoms with Crippen molar-refractivity contribution in [1.82, 2.24) is 0 Å². The third kappa shape index (κ3) is 2.91. The molecule has 5 rings (SSSR count). The van der Waals surface area contributed by atoms with Gasteiger partial charge in [-0.05, 0) is 89.4 Å². The van der Waals surface area contributed by atoms with Crippen molar-refractivity contribution in [2.75, 3.05) is 0 Å². The summed E-state index contributed by atoms with van der Waals surface area (Å²) in [4.78, 5) is 18.5. The lowest BCUT2D eigenvalue weighted by Gasteiger charge is -1.94. The predicted octanol–water partition coefficient (Wildman–Crippen LogP) is 4.34. The van der Waals surface area contributed by atoms with E-state index >= 15 is 0 Å². The second-order valence-electron chi connectivity index (χ2n) is 5.88. The minimum Gasteiger partial charge on any atom is -0.249 e. The second-order valence-corrected chi connectivity index (χ2v) is 7.04. The number of hydrogen-bond acceptors (Lipinski definition) is 4. The van der Waals surface area contributed by atoms with Crippen molar-refractivity contribution in [3.8, 4) is 0 Å². The molecule has 8 bridgehead atoms. The lowest BCUT2D eigenvalue weighted by molar-refractivity contribution is 1.41. The average molecular weight is 434 g/mol. The fourth-order valence-electron chi connectivity index (χ4n) is 2.86. The molecule has 118 valence electrons. The first kappa shape index (κ1) is 14.7. The van der Waals surface area contributed by atoms with Crippen molar-refractivity contribution in [3.63, 3.8) is 0 Å². The number of rotatable bonds is 0. The number of halogens is 1. The molecule has 0 amide bonds. The van der Waals surface area contributed by atoms with Gasteiger partial charge in [0.15, 0.2) is 0 Å². The van der Waals surface area contributed by atoms with E-state index in [1.807, 2.05) is 60.8 Å². The zero-order valence-corrected chi connectivity index (χ0v) is 15.2. The predicted molar refractivity (Wildman–Crippen MR) is 112 cm³/mol. The van der Waals surface area contributed by atoms with E-state index in [1.54, 1.807) is 0 Å². The summed E-state index contributed by atoms with van der Waals surface area (Å²) in [5.41, 5.74) is 7.19. The van der Waals surface area contributed by atoms with Crippen molar-refractivity contribution in [1.29, 1.82) is 0 Å². The highest BCUT2D eigenvalue weighted by atomic mass is 127. The van der Waals surface area contributed by atoms with E-state index < -0.39 is 0 Å². The highest BCUT2D eigenvalue weighted by molar-refractivity contribution is 14.1. The molecule has 0 fully saturated rings. The summed E-state index contributed by atoms with van der Waals surface area (Å²) in [6.45, 7) is 0. The van der Waals surface area contributed by atoms with E-state index in [0.717, 1.165) is 49.2 Å². The van der Waals surface area contributed by atoms with Gasteiger partial charge in [-0.2, -0.15) is 0 Å². The van der Waals surface area contributed by atoms with Gasteiger partial charge < -0.3 is 0 Å². The lowest BCUT2D eigenvalue weighted by atomic mass is 10.2. The Balaban J connectivity index is 1.66. The topological polar surface area (TPSA) is 49.4 Å². The van der Waals surface area contributed by atoms with Crippen LogP contribution in [0.4, 0.5) is 0 Å². The van der Waals surface area contributed by atoms with E-state index in [9.17, 15) is 0 Å². The maximum atomic E-state index is 4.69. The van der Waals surface area contributed by atoms with E-state index in [2.05, 4.69) is 48.6 Å². The van der Waals surface area contributed by atoms with Crippen LogP contribution in [0, 0.1) is 0 Å². The molecule has 0 aromatic carbocycles. The lowest BCUT2D eigenvalue weighted by Crippen LogP contribution is -1.90. The summed E-state index contributed by atoms with van der Waals surface area (Å²) in [5.74, 6) is 0. The van der Waals surface area contributed by atoms with Crippen molar-refractivity contribution < 1.29 is 0 Å². The molecule has 0 N–H and O–H groups in total. The Morgan fingerprint density at radius 2 is 0.960 bits per heavy atom. The van der Waals surface area contributed by atoms with Crippen molar-refractivity contribution in [2.24, 2.45) is 20.0 Å². The molecule has 5 heteroatoms. The van der Waals surface area contributed by atoms with Gasteiger partial charge in [0, 0.05) is 3.58 Å². The minimum atomic E-state index is 0.893. The van der Waals surface area contributed by atoms with E-state index in [-0.39, 0.29) is 0 Å². The highest BCUT2D eigenvalue weighted by Gasteiger charge is 2.15. The molecule has 4 nitrogen and oxygen atoms in total. The maximum absolute atomic E-state index is 4.69. The average Bonchev–Trinajstić information content (AvgIpc) is 3.33. The fourth-order valence-corrected chi connectivity index (χ4v) is 3.46. The number of aliphatic imine (C=N–C) groups is 4. The quantitative estimate of drug-likeness (QED) is 0.510. The Labute approximate surface area is 158 Å². The van der Waals surface area contributed by atoms with Gasteiger partial charge >= 0.3 is 0 Å². The van der Waals surface area contributed by atoms with Gasteiger partial charge in [-0.3, -0.25) is 0 Å². The monoisotopic (exact) mass is 434 g/mol. The standard InChI is InChI=1S/C20H11IN4/c21-19-10-18-9-16-4-3-14(23-16)7-12-1-2-13(22-12)8-15-5-6-17(24-15)11-20(19)25-18/h1-11H. The molecule has 0 aliphatic carbocycles. The Hall–Kier alpha value is -2.67. The molecule has 0 atom stereocenters. The molecule has 25 heavy (non-hydrogen) atoms. The maximum Gasteiger partial charge on any atom is 0.0792 e. The summed E-state index contributed by atoms with van der Waals surface area (Å²) in [6.07, 6.45) is 22.0. The first-order valence-corrected chi connectivity index (χ1v) is 8.93. The molecular weight excluding hydrogens is 423 g/mol. The van der Waals surface area contributed by atoms with Gasteiger partial charge in [0.05, 0.1) is 45.6 Å². The summed E-state index contributed by atoms with van der Waals surface area (Å²) in [7, 11) is 0. The van der Waals surface area contributed by atoms with Crippen molar-refractivity contribution in [3.05, 3.63) is 93.2 Å². The molecule has 0 spiro atoms. The Morgan fingerprint density at radius 3 is 1.52 bits per heavy atom. The number of fused-ring (bicyclic) bond motifs is 4. The van der Waals surface area contributed by atoms with Gasteiger partial charge in [-0.15, -0.1) is 0 Å². The van der Waals surface area contributed by atoms with E-state index in [0.29, 0.717) is 0 Å². The first-order valence-electron chi connectivity index (χ1n) is 7.85. The largest absolute Gasteiger partial charge is 0.249 e. The fraction of sp³-hybridized carbons (Fsp3) is 0. The van der Waals surface area contributed by atoms with Crippen LogP contribution in [-0.2, 0) is 0 Å². The first-order chi connectivity index (χ1) is 12.2. The molecule has 0 aromatic rings. The van der Waals surface area contributed by atoms with Gasteiger partial charge in [-0.25, -0.2) is 20.0 Å². The number of allylic oxidation sites excluding steroid dienone is 12. The molecule has 0 radical (unpaired) electrons. The molecule has 5 heterocycles. The third-order valence-electron chi connectivity index (χ3n) is 3.99. The Kier molecular flexibility index (Phi) is 3.34. The van der Waals surface area contributed by atoms with Crippen LogP contribution >= 0.6 is 22.6 Å². The third-order valence-corrected chi connectivity index (χ3v) is 4.85. The summed E-state index contributed by atoms with van der Waals surface area (Å²) in [6, 6.07) is 0. The number of nitrogens with zero attached hydrogens (tertiary/aromatic N) is 4. The molecule has 5 aliphatic heterocycles. The van der Waals surface area contributed by atoms with Gasteiger partial charge in [-0.1, -0.05) is 0 Å². The van der Waals surface area contributed by atoms with Gasteiger partial charge in [0.25, 0.3) is 0 Å². The van der Waals surface area contributed by atoms with Crippen LogP contribution in [-0.4, -0.2) is 22.8 Å². The van der Waals surface area contributed by atoms with E-state index in [1.165, 1.54) is 0 Å². The van der Waals surface area contributed by atoms with Crippen LogP contribution in [0.15, 0.2) is 113 Å². The molecule has 0 aromatic heterocycles. The summed E-state index contributed by atoms with van der Waals surface area (Å²) >= 11 is 2.30. The minimum absolute atomic E-state index is 0.893. The number of hydrogen-bond donors (Lipinski definition) is 0. The zero-order chi connectivity index (χ0) is 16.8. The molecular formula is C20H11IN4. The van der Waals surface area contributed by atoms with Crippen LogP contribution in [0.1, 0.15) is 0 Å². The van der Waals surface area contributed by atoms with Crippen molar-refractivity contribution >= 4 is 45.4 Å². The second kappa shape index (κ2) is 5.70. The molecule has 0 saturated carbocycles. The van der Waals surface area contributed by atoms with Gasteiger partial charge in [0.2, 0.25) is 0 Å². The van der Waals surface area contributed by atoms with Crippen LogP contribution in [0.25, 0.3) is 0 Å². The Bertz CT molecular complexity index is 1080. The normalized spacial score (nSPS) is 22.7. The molecule has 0 unspecified atom stereocenters. The molecule has 5 aliphatic rings. The zero-order valence-electron chi connectivity index (χ0n) is 13.0. The van der Waals surface area contributed by atoms with Crippen LogP contribution in [0.2, 0.25) is 0 Å². The SMILES string of the molecule is IC1=CC2=CC3=NC(=CC4=NC(=CC5=NC(=CC1=N2)C=C5)C=C4)C=C3. The Morgan fingerprint density at radius 1 is 0.480 bits per heavy atom. The summed E-state index contributed by atoms with van der Waals surface area (Å²) in [5, 5.41) is 0. The van der Waals surface area contributed by atoms with Crippen molar-refractivity contribution in [2.45, 2.75) is 0 Å². The van der Waals surface area contributed by atoms with Crippen LogP contribution in [0.5, 0.6) is 0 Å². The van der Waals surface area contributed by atoms with Gasteiger partial charge in [0.1, 0.15) is 0 Å². The smallest absolute Gasteiger partial charge is 0.0792 e. The summed E-state index contributed by atoms with van der Waals surface area (Å²) < 4.78 is 1.10. The highest BCUT2D eigenvalue weighted by Crippen LogP contribution is 2.26. The molecule has 0 saturated heterocycles. The van der Waals surface area contributed by atoms with Crippen LogP contribution in [0.3, 0.4) is 0 Å². The van der Waals surface area contributed by atoms with E-state index in [4.69, 9.17) is 0 Å². The van der Waals surface area contributed by atoms with Crippen LogP contribution < -0.4 is 0 Å².